The van der Waals surface area contributed by atoms with E-state index in [1.165, 1.54) is 6.42 Å². The number of piperazine rings is 1. The first-order chi connectivity index (χ1) is 13.5. The maximum Gasteiger partial charge on any atom is 0.322 e. The van der Waals surface area contributed by atoms with Crippen molar-refractivity contribution in [2.75, 3.05) is 58.2 Å². The van der Waals surface area contributed by atoms with Gasteiger partial charge in [0.1, 0.15) is 5.75 Å². The zero-order chi connectivity index (χ0) is 20.1. The van der Waals surface area contributed by atoms with E-state index in [2.05, 4.69) is 24.1 Å². The molecule has 1 aromatic rings. The van der Waals surface area contributed by atoms with Crippen molar-refractivity contribution in [2.45, 2.75) is 20.3 Å². The number of urea groups is 1. The van der Waals surface area contributed by atoms with E-state index in [1.807, 2.05) is 29.2 Å². The minimum Gasteiger partial charge on any atom is -0.495 e. The number of ether oxygens (including phenoxy) is 1. The van der Waals surface area contributed by atoms with Crippen molar-refractivity contribution in [3.05, 3.63) is 24.3 Å². The molecule has 2 heterocycles. The van der Waals surface area contributed by atoms with Gasteiger partial charge in [0.05, 0.1) is 19.3 Å². The quantitative estimate of drug-likeness (QED) is 0.860. The first-order valence-electron chi connectivity index (χ1n) is 10.2. The van der Waals surface area contributed by atoms with E-state index in [-0.39, 0.29) is 11.9 Å². The predicted octanol–water partition coefficient (Wildman–Crippen LogP) is 2.35. The zero-order valence-corrected chi connectivity index (χ0v) is 17.2. The largest absolute Gasteiger partial charge is 0.495 e. The lowest BCUT2D eigenvalue weighted by Gasteiger charge is -2.38. The van der Waals surface area contributed by atoms with Gasteiger partial charge in [-0.2, -0.15) is 0 Å². The normalized spacial score (nSPS) is 23.4. The number of carbonyl (C=O) groups excluding carboxylic acids is 2. The third kappa shape index (κ3) is 5.16. The lowest BCUT2D eigenvalue weighted by molar-refractivity contribution is -0.135. The maximum atomic E-state index is 12.7. The third-order valence-electron chi connectivity index (χ3n) is 5.59. The van der Waals surface area contributed by atoms with Crippen LogP contribution in [-0.4, -0.2) is 79.6 Å². The fraction of sp³-hybridized carbons (Fsp3) is 0.619. The van der Waals surface area contributed by atoms with Gasteiger partial charge in [-0.05, 0) is 30.4 Å². The molecule has 0 saturated carbocycles. The summed E-state index contributed by atoms with van der Waals surface area (Å²) < 4.78 is 5.28. The van der Waals surface area contributed by atoms with E-state index >= 15 is 0 Å². The number of anilines is 1. The van der Waals surface area contributed by atoms with Gasteiger partial charge in [-0.3, -0.25) is 9.69 Å². The predicted molar refractivity (Wildman–Crippen MR) is 110 cm³/mol. The number of para-hydroxylation sites is 2. The number of hydrogen-bond donors (Lipinski definition) is 1. The van der Waals surface area contributed by atoms with E-state index < -0.39 is 0 Å². The lowest BCUT2D eigenvalue weighted by Crippen LogP contribution is -2.53. The molecule has 1 N–H and O–H groups in total. The summed E-state index contributed by atoms with van der Waals surface area (Å²) in [6.07, 6.45) is 1.20. The fourth-order valence-corrected chi connectivity index (χ4v) is 4.21. The van der Waals surface area contributed by atoms with Gasteiger partial charge in [0, 0.05) is 39.3 Å². The van der Waals surface area contributed by atoms with Crippen LogP contribution in [0.5, 0.6) is 5.75 Å². The molecule has 3 amide bonds. The molecule has 3 rings (SSSR count). The standard InChI is InChI=1S/C21H32N4O3/c1-16-12-17(2)14-25(13-16)20(26)15-23-8-10-24(11-9-23)21(27)22-18-6-4-5-7-19(18)28-3/h4-7,16-17H,8-15H2,1-3H3,(H,22,27). The Morgan fingerprint density at radius 3 is 2.32 bits per heavy atom. The van der Waals surface area contributed by atoms with Gasteiger partial charge in [-0.1, -0.05) is 26.0 Å². The van der Waals surface area contributed by atoms with E-state index in [1.54, 1.807) is 12.0 Å². The first kappa shape index (κ1) is 20.5. The molecule has 7 heteroatoms. The summed E-state index contributed by atoms with van der Waals surface area (Å²) in [6.45, 7) is 9.26. The van der Waals surface area contributed by atoms with Crippen LogP contribution in [0.2, 0.25) is 0 Å². The second-order valence-electron chi connectivity index (χ2n) is 8.14. The Hall–Kier alpha value is -2.28. The highest BCUT2D eigenvalue weighted by molar-refractivity contribution is 5.91. The van der Waals surface area contributed by atoms with Crippen molar-refractivity contribution >= 4 is 17.6 Å². The van der Waals surface area contributed by atoms with E-state index in [0.717, 1.165) is 13.1 Å². The number of rotatable bonds is 4. The number of methoxy groups -OCH3 is 1. The fourth-order valence-electron chi connectivity index (χ4n) is 4.21. The van der Waals surface area contributed by atoms with Crippen molar-refractivity contribution in [1.82, 2.24) is 14.7 Å². The summed E-state index contributed by atoms with van der Waals surface area (Å²) in [7, 11) is 1.59. The van der Waals surface area contributed by atoms with Crippen LogP contribution in [0.1, 0.15) is 20.3 Å². The van der Waals surface area contributed by atoms with Crippen LogP contribution in [0.15, 0.2) is 24.3 Å². The minimum atomic E-state index is -0.130. The number of amides is 3. The molecular weight excluding hydrogens is 356 g/mol. The Morgan fingerprint density at radius 2 is 1.68 bits per heavy atom. The Bertz CT molecular complexity index is 678. The van der Waals surface area contributed by atoms with Gasteiger partial charge in [0.25, 0.3) is 0 Å². The number of nitrogens with one attached hydrogen (secondary N) is 1. The smallest absolute Gasteiger partial charge is 0.322 e. The Morgan fingerprint density at radius 1 is 1.04 bits per heavy atom. The Labute approximate surface area is 167 Å². The number of benzene rings is 1. The van der Waals surface area contributed by atoms with Crippen LogP contribution in [0.25, 0.3) is 0 Å². The van der Waals surface area contributed by atoms with Crippen LogP contribution in [0.4, 0.5) is 10.5 Å². The zero-order valence-electron chi connectivity index (χ0n) is 17.2. The highest BCUT2D eigenvalue weighted by Crippen LogP contribution is 2.24. The maximum absolute atomic E-state index is 12.7. The summed E-state index contributed by atoms with van der Waals surface area (Å²) in [5.41, 5.74) is 0.668. The molecule has 2 atom stereocenters. The van der Waals surface area contributed by atoms with Gasteiger partial charge >= 0.3 is 6.03 Å². The third-order valence-corrected chi connectivity index (χ3v) is 5.59. The number of hydrogen-bond acceptors (Lipinski definition) is 4. The second kappa shape index (κ2) is 9.28. The number of likely N-dealkylation sites (tertiary alicyclic amines) is 1. The van der Waals surface area contributed by atoms with Gasteiger partial charge in [0.2, 0.25) is 5.91 Å². The monoisotopic (exact) mass is 388 g/mol. The molecule has 2 saturated heterocycles. The van der Waals surface area contributed by atoms with Crippen molar-refractivity contribution in [2.24, 2.45) is 11.8 Å². The molecule has 0 radical (unpaired) electrons. The summed E-state index contributed by atoms with van der Waals surface area (Å²) in [4.78, 5) is 31.2. The molecule has 28 heavy (non-hydrogen) atoms. The van der Waals surface area contributed by atoms with Crippen molar-refractivity contribution in [3.63, 3.8) is 0 Å². The number of piperidine rings is 1. The Kier molecular flexibility index (Phi) is 6.78. The van der Waals surface area contributed by atoms with Crippen LogP contribution in [0, 0.1) is 11.8 Å². The summed E-state index contributed by atoms with van der Waals surface area (Å²) in [5, 5.41) is 2.92. The average Bonchev–Trinajstić information content (AvgIpc) is 2.68. The van der Waals surface area contributed by atoms with Gasteiger partial charge in [-0.25, -0.2) is 4.79 Å². The van der Waals surface area contributed by atoms with Crippen molar-refractivity contribution in [1.29, 1.82) is 0 Å². The van der Waals surface area contributed by atoms with E-state index in [9.17, 15) is 9.59 Å². The topological polar surface area (TPSA) is 65.1 Å². The summed E-state index contributed by atoms with van der Waals surface area (Å²) in [6, 6.07) is 7.25. The SMILES string of the molecule is COc1ccccc1NC(=O)N1CCN(CC(=O)N2CC(C)CC(C)C2)CC1. The van der Waals surface area contributed by atoms with Gasteiger partial charge < -0.3 is 19.9 Å². The Balaban J connectivity index is 1.46. The van der Waals surface area contributed by atoms with Crippen LogP contribution >= 0.6 is 0 Å². The number of carbonyl (C=O) groups is 2. The highest BCUT2D eigenvalue weighted by atomic mass is 16.5. The second-order valence-corrected chi connectivity index (χ2v) is 8.14. The van der Waals surface area contributed by atoms with Crippen LogP contribution in [-0.2, 0) is 4.79 Å². The molecular formula is C21H32N4O3. The van der Waals surface area contributed by atoms with E-state index in [0.29, 0.717) is 56.0 Å². The minimum absolute atomic E-state index is 0.130. The van der Waals surface area contributed by atoms with Gasteiger partial charge in [-0.15, -0.1) is 0 Å². The van der Waals surface area contributed by atoms with Crippen molar-refractivity contribution < 1.29 is 14.3 Å². The molecule has 154 valence electrons. The molecule has 2 fully saturated rings. The van der Waals surface area contributed by atoms with Crippen LogP contribution < -0.4 is 10.1 Å². The highest BCUT2D eigenvalue weighted by Gasteiger charge is 2.28. The lowest BCUT2D eigenvalue weighted by atomic mass is 9.92. The molecule has 0 bridgehead atoms. The summed E-state index contributed by atoms with van der Waals surface area (Å²) in [5.74, 6) is 2.00. The molecule has 0 aromatic heterocycles. The molecule has 0 spiro atoms. The van der Waals surface area contributed by atoms with E-state index in [4.69, 9.17) is 4.74 Å². The molecule has 2 aliphatic rings. The molecule has 1 aromatic carbocycles. The van der Waals surface area contributed by atoms with Gasteiger partial charge in [0.15, 0.2) is 0 Å². The van der Waals surface area contributed by atoms with Crippen molar-refractivity contribution in [3.8, 4) is 5.75 Å². The molecule has 0 aliphatic carbocycles. The van der Waals surface area contributed by atoms with Crippen LogP contribution in [0.3, 0.4) is 0 Å². The number of nitrogens with zero attached hydrogens (tertiary/aromatic N) is 3. The molecule has 2 aliphatic heterocycles. The molecule has 2 unspecified atom stereocenters. The summed E-state index contributed by atoms with van der Waals surface area (Å²) >= 11 is 0. The molecule has 7 nitrogen and oxygen atoms in total. The average molecular weight is 389 g/mol. The first-order valence-corrected chi connectivity index (χ1v) is 10.2.